The number of aromatic nitrogens is 2. The van der Waals surface area contributed by atoms with E-state index in [-0.39, 0.29) is 19.1 Å². The topological polar surface area (TPSA) is 98.7 Å². The van der Waals surface area contributed by atoms with Crippen molar-refractivity contribution in [2.75, 3.05) is 20.3 Å². The minimum Gasteiger partial charge on any atom is -0.497 e. The summed E-state index contributed by atoms with van der Waals surface area (Å²) in [7, 11) is 1.61. The van der Waals surface area contributed by atoms with E-state index in [9.17, 15) is 15.0 Å². The van der Waals surface area contributed by atoms with Crippen LogP contribution in [-0.4, -0.2) is 51.5 Å². The first-order chi connectivity index (χ1) is 14.6. The quantitative estimate of drug-likeness (QED) is 0.533. The van der Waals surface area contributed by atoms with E-state index in [0.717, 1.165) is 22.3 Å². The fraction of sp³-hybridized carbons (Fsp3) is 0.304. The number of aliphatic hydroxyl groups excluding tert-OH is 2. The molecule has 0 radical (unpaired) electrons. The number of nitrogens with one attached hydrogen (secondary N) is 1. The lowest BCUT2D eigenvalue weighted by atomic mass is 9.83. The van der Waals surface area contributed by atoms with Crippen molar-refractivity contribution in [1.29, 1.82) is 0 Å². The van der Waals surface area contributed by atoms with E-state index in [1.807, 2.05) is 42.5 Å². The van der Waals surface area contributed by atoms with Gasteiger partial charge in [-0.05, 0) is 47.7 Å². The summed E-state index contributed by atoms with van der Waals surface area (Å²) in [5.74, 6) is 0.605. The van der Waals surface area contributed by atoms with Crippen LogP contribution in [0.2, 0.25) is 0 Å². The Kier molecular flexibility index (Phi) is 5.57. The van der Waals surface area contributed by atoms with Gasteiger partial charge < -0.3 is 19.8 Å². The Morgan fingerprint density at radius 1 is 1.10 bits per heavy atom. The van der Waals surface area contributed by atoms with Gasteiger partial charge in [-0.2, -0.15) is 5.10 Å². The maximum absolute atomic E-state index is 13.6. The molecule has 1 aliphatic heterocycles. The van der Waals surface area contributed by atoms with Crippen molar-refractivity contribution in [3.05, 3.63) is 71.5 Å². The summed E-state index contributed by atoms with van der Waals surface area (Å²) in [6.07, 6.45) is 4.19. The lowest BCUT2D eigenvalue weighted by Gasteiger charge is -2.39. The molecule has 0 atom stereocenters. The molecule has 1 aromatic heterocycles. The molecule has 0 bridgehead atoms. The minimum atomic E-state index is -0.770. The number of nitrogens with zero attached hydrogens (tertiary/aromatic N) is 2. The van der Waals surface area contributed by atoms with Crippen LogP contribution in [0, 0.1) is 0 Å². The number of ether oxygens (including phenoxy) is 1. The molecule has 2 heterocycles. The Hall–Kier alpha value is -3.16. The molecule has 0 aliphatic carbocycles. The average Bonchev–Trinajstić information content (AvgIpc) is 3.37. The second kappa shape index (κ2) is 8.30. The Balaban J connectivity index is 1.80. The van der Waals surface area contributed by atoms with Crippen LogP contribution in [0.3, 0.4) is 0 Å². The molecule has 3 aromatic rings. The molecule has 4 rings (SSSR count). The van der Waals surface area contributed by atoms with E-state index >= 15 is 0 Å². The zero-order valence-electron chi connectivity index (χ0n) is 16.8. The highest BCUT2D eigenvalue weighted by molar-refractivity contribution is 6.01. The van der Waals surface area contributed by atoms with Crippen LogP contribution in [0.4, 0.5) is 0 Å². The summed E-state index contributed by atoms with van der Waals surface area (Å²) >= 11 is 0. The maximum atomic E-state index is 13.6. The molecule has 1 aliphatic rings. The molecule has 0 unspecified atom stereocenters. The summed E-state index contributed by atoms with van der Waals surface area (Å²) in [4.78, 5) is 15.3. The molecule has 156 valence electrons. The predicted molar refractivity (Wildman–Crippen MR) is 112 cm³/mol. The number of fused-ring (bicyclic) bond motifs is 1. The summed E-state index contributed by atoms with van der Waals surface area (Å²) < 4.78 is 5.32. The van der Waals surface area contributed by atoms with Crippen LogP contribution in [-0.2, 0) is 12.1 Å². The van der Waals surface area contributed by atoms with Crippen molar-refractivity contribution in [3.8, 4) is 16.9 Å². The van der Waals surface area contributed by atoms with Crippen molar-refractivity contribution >= 4 is 5.91 Å². The van der Waals surface area contributed by atoms with Crippen LogP contribution in [0.15, 0.2) is 54.9 Å². The molecule has 0 spiro atoms. The number of benzene rings is 2. The van der Waals surface area contributed by atoms with Crippen LogP contribution in [0.5, 0.6) is 5.75 Å². The Morgan fingerprint density at radius 3 is 2.57 bits per heavy atom. The lowest BCUT2D eigenvalue weighted by Crippen LogP contribution is -2.44. The summed E-state index contributed by atoms with van der Waals surface area (Å²) in [6.45, 7) is 0.168. The van der Waals surface area contributed by atoms with Crippen molar-refractivity contribution in [2.45, 2.75) is 24.9 Å². The SMILES string of the molecule is COc1cccc(CN2C(=O)c3cc(-c4cn[nH]c4)ccc3C2(CCO)CCO)c1. The highest BCUT2D eigenvalue weighted by atomic mass is 16.5. The number of aliphatic hydroxyl groups is 2. The van der Waals surface area contributed by atoms with E-state index < -0.39 is 5.54 Å². The molecular formula is C23H25N3O4. The van der Waals surface area contributed by atoms with Gasteiger partial charge in [0.1, 0.15) is 5.75 Å². The molecule has 0 saturated heterocycles. The van der Waals surface area contributed by atoms with Gasteiger partial charge in [0.05, 0.1) is 18.8 Å². The fourth-order valence-electron chi connectivity index (χ4n) is 4.41. The predicted octanol–water partition coefficient (Wildman–Crippen LogP) is 2.70. The standard InChI is InChI=1S/C23H25N3O4/c1-30-19-4-2-3-16(11-19)15-26-22(29)20-12-17(18-13-24-25-14-18)5-6-21(20)23(26,7-9-27)8-10-28/h2-6,11-14,27-28H,7-10,15H2,1H3,(H,24,25). The third-order valence-corrected chi connectivity index (χ3v) is 5.87. The van der Waals surface area contributed by atoms with Crippen LogP contribution >= 0.6 is 0 Å². The number of hydrogen-bond donors (Lipinski definition) is 3. The van der Waals surface area contributed by atoms with Crippen LogP contribution in [0.25, 0.3) is 11.1 Å². The Labute approximate surface area is 174 Å². The van der Waals surface area contributed by atoms with Crippen molar-refractivity contribution in [2.24, 2.45) is 0 Å². The molecule has 30 heavy (non-hydrogen) atoms. The maximum Gasteiger partial charge on any atom is 0.255 e. The number of rotatable bonds is 8. The third-order valence-electron chi connectivity index (χ3n) is 5.87. The number of hydrogen-bond acceptors (Lipinski definition) is 5. The number of methoxy groups -OCH3 is 1. The van der Waals surface area contributed by atoms with E-state index in [1.54, 1.807) is 24.4 Å². The first-order valence-corrected chi connectivity index (χ1v) is 9.93. The summed E-state index contributed by atoms with van der Waals surface area (Å²) in [5, 5.41) is 26.5. The van der Waals surface area contributed by atoms with Crippen molar-refractivity contribution < 1.29 is 19.7 Å². The summed E-state index contributed by atoms with van der Waals surface area (Å²) in [5.41, 5.74) is 3.37. The van der Waals surface area contributed by atoms with E-state index in [4.69, 9.17) is 4.74 Å². The zero-order valence-corrected chi connectivity index (χ0v) is 16.8. The van der Waals surface area contributed by atoms with Crippen molar-refractivity contribution in [3.63, 3.8) is 0 Å². The van der Waals surface area contributed by atoms with Crippen LogP contribution in [0.1, 0.15) is 34.3 Å². The Bertz CT molecular complexity index is 1030. The van der Waals surface area contributed by atoms with Gasteiger partial charge in [0, 0.05) is 37.1 Å². The second-order valence-electron chi connectivity index (χ2n) is 7.47. The van der Waals surface area contributed by atoms with Crippen LogP contribution < -0.4 is 4.74 Å². The molecule has 0 fully saturated rings. The van der Waals surface area contributed by atoms with Gasteiger partial charge in [-0.3, -0.25) is 9.89 Å². The van der Waals surface area contributed by atoms with E-state index in [1.165, 1.54) is 0 Å². The van der Waals surface area contributed by atoms with Gasteiger partial charge in [0.2, 0.25) is 0 Å². The normalized spacial score (nSPS) is 14.8. The van der Waals surface area contributed by atoms with Gasteiger partial charge in [0.15, 0.2) is 0 Å². The van der Waals surface area contributed by atoms with Crippen molar-refractivity contribution in [1.82, 2.24) is 15.1 Å². The number of amides is 1. The third kappa shape index (κ3) is 3.36. The lowest BCUT2D eigenvalue weighted by molar-refractivity contribution is 0.0329. The molecular weight excluding hydrogens is 382 g/mol. The van der Waals surface area contributed by atoms with E-state index in [0.29, 0.717) is 30.7 Å². The number of carbonyl (C=O) groups is 1. The number of aromatic amines is 1. The number of carbonyl (C=O) groups excluding carboxylic acids is 1. The fourth-order valence-corrected chi connectivity index (χ4v) is 4.41. The van der Waals surface area contributed by atoms with Gasteiger partial charge in [-0.15, -0.1) is 0 Å². The zero-order chi connectivity index (χ0) is 21.1. The smallest absolute Gasteiger partial charge is 0.255 e. The molecule has 7 heteroatoms. The minimum absolute atomic E-state index is 0.0924. The Morgan fingerprint density at radius 2 is 1.90 bits per heavy atom. The monoisotopic (exact) mass is 407 g/mol. The summed E-state index contributed by atoms with van der Waals surface area (Å²) in [6, 6.07) is 13.3. The van der Waals surface area contributed by atoms with E-state index in [2.05, 4.69) is 10.2 Å². The van der Waals surface area contributed by atoms with Gasteiger partial charge in [-0.1, -0.05) is 24.3 Å². The number of H-pyrrole nitrogens is 1. The van der Waals surface area contributed by atoms with Gasteiger partial charge >= 0.3 is 0 Å². The first kappa shape index (κ1) is 20.1. The highest BCUT2D eigenvalue weighted by Crippen LogP contribution is 2.46. The molecule has 7 nitrogen and oxygen atoms in total. The molecule has 2 aromatic carbocycles. The average molecular weight is 407 g/mol. The molecule has 0 saturated carbocycles. The molecule has 3 N–H and O–H groups in total. The van der Waals surface area contributed by atoms with Gasteiger partial charge in [0.25, 0.3) is 5.91 Å². The molecule has 1 amide bonds. The highest BCUT2D eigenvalue weighted by Gasteiger charge is 2.48. The van der Waals surface area contributed by atoms with Gasteiger partial charge in [-0.25, -0.2) is 0 Å². The second-order valence-corrected chi connectivity index (χ2v) is 7.47. The largest absolute Gasteiger partial charge is 0.497 e. The first-order valence-electron chi connectivity index (χ1n) is 9.93.